The monoisotopic (exact) mass is 460 g/mol. The highest BCUT2D eigenvalue weighted by Gasteiger charge is 2.25. The second kappa shape index (κ2) is 9.66. The fourth-order valence-corrected chi connectivity index (χ4v) is 5.35. The maximum Gasteiger partial charge on any atom is 0.273 e. The Morgan fingerprint density at radius 2 is 1.78 bits per heavy atom. The van der Waals surface area contributed by atoms with Crippen molar-refractivity contribution in [2.75, 3.05) is 36.4 Å². The van der Waals surface area contributed by atoms with E-state index in [-0.39, 0.29) is 16.1 Å². The van der Waals surface area contributed by atoms with Crippen LogP contribution in [0.15, 0.2) is 41.3 Å². The third-order valence-electron chi connectivity index (χ3n) is 5.67. The quantitative estimate of drug-likeness (QED) is 0.474. The van der Waals surface area contributed by atoms with Crippen molar-refractivity contribution in [2.24, 2.45) is 0 Å². The summed E-state index contributed by atoms with van der Waals surface area (Å²) in [5, 5.41) is 14.0. The lowest BCUT2D eigenvalue weighted by Crippen LogP contribution is -2.31. The van der Waals surface area contributed by atoms with Crippen LogP contribution in [0.3, 0.4) is 0 Å². The lowest BCUT2D eigenvalue weighted by molar-refractivity contribution is -0.385. The van der Waals surface area contributed by atoms with E-state index in [1.807, 2.05) is 0 Å². The van der Waals surface area contributed by atoms with Gasteiger partial charge in [-0.05, 0) is 44.0 Å². The highest BCUT2D eigenvalue weighted by atomic mass is 32.2. The predicted molar refractivity (Wildman–Crippen MR) is 124 cm³/mol. The lowest BCUT2D eigenvalue weighted by atomic mass is 10.1. The number of rotatable bonds is 8. The molecule has 0 aliphatic carbocycles. The Kier molecular flexibility index (Phi) is 7.15. The Balaban J connectivity index is 2.02. The second-order valence-electron chi connectivity index (χ2n) is 7.67. The molecule has 1 saturated heterocycles. The molecular weight excluding hydrogens is 432 g/mol. The Bertz CT molecular complexity index is 1120. The number of anilines is 2. The van der Waals surface area contributed by atoms with E-state index in [4.69, 9.17) is 0 Å². The summed E-state index contributed by atoms with van der Waals surface area (Å²) in [6.45, 7) is 7.43. The van der Waals surface area contributed by atoms with Crippen molar-refractivity contribution in [1.29, 1.82) is 0 Å². The first-order chi connectivity index (χ1) is 15.2. The molecule has 1 aliphatic heterocycles. The van der Waals surface area contributed by atoms with Gasteiger partial charge in [0.2, 0.25) is 10.0 Å². The highest BCUT2D eigenvalue weighted by Crippen LogP contribution is 2.33. The van der Waals surface area contributed by atoms with Gasteiger partial charge in [-0.1, -0.05) is 19.9 Å². The van der Waals surface area contributed by atoms with Gasteiger partial charge in [-0.2, -0.15) is 4.31 Å². The number of hydrogen-bond acceptors (Lipinski definition) is 6. The van der Waals surface area contributed by atoms with Gasteiger partial charge < -0.3 is 10.2 Å². The van der Waals surface area contributed by atoms with E-state index in [1.165, 1.54) is 28.6 Å². The molecule has 1 N–H and O–H groups in total. The maximum absolute atomic E-state index is 13.0. The number of amides is 1. The van der Waals surface area contributed by atoms with E-state index >= 15 is 0 Å². The van der Waals surface area contributed by atoms with E-state index in [0.29, 0.717) is 24.3 Å². The average molecular weight is 461 g/mol. The zero-order chi connectivity index (χ0) is 23.5. The molecule has 0 radical (unpaired) electrons. The summed E-state index contributed by atoms with van der Waals surface area (Å²) in [7, 11) is -3.71. The van der Waals surface area contributed by atoms with Crippen LogP contribution in [0.2, 0.25) is 0 Å². The number of nitro groups is 1. The van der Waals surface area contributed by atoms with E-state index in [9.17, 15) is 23.3 Å². The summed E-state index contributed by atoms with van der Waals surface area (Å²) < 4.78 is 27.4. The molecule has 32 heavy (non-hydrogen) atoms. The first kappa shape index (κ1) is 23.7. The van der Waals surface area contributed by atoms with Gasteiger partial charge in [0.15, 0.2) is 0 Å². The maximum atomic E-state index is 13.0. The first-order valence-corrected chi connectivity index (χ1v) is 12.1. The Hall–Kier alpha value is -2.98. The van der Waals surface area contributed by atoms with Crippen molar-refractivity contribution >= 4 is 33.0 Å². The van der Waals surface area contributed by atoms with Crippen LogP contribution < -0.4 is 10.2 Å². The number of sulfonamides is 1. The topological polar surface area (TPSA) is 113 Å². The fourth-order valence-electron chi connectivity index (χ4n) is 3.86. The molecule has 9 nitrogen and oxygen atoms in total. The minimum absolute atomic E-state index is 0.0920. The van der Waals surface area contributed by atoms with Gasteiger partial charge in [0.05, 0.1) is 21.2 Å². The molecule has 172 valence electrons. The smallest absolute Gasteiger partial charge is 0.273 e. The Morgan fingerprint density at radius 1 is 1.12 bits per heavy atom. The number of aryl methyl sites for hydroxylation is 1. The van der Waals surface area contributed by atoms with Crippen LogP contribution in [0.25, 0.3) is 0 Å². The average Bonchev–Trinajstić information content (AvgIpc) is 3.29. The summed E-state index contributed by atoms with van der Waals surface area (Å²) >= 11 is 0. The minimum atomic E-state index is -3.71. The molecule has 3 rings (SSSR count). The number of nitro benzene ring substituents is 1. The van der Waals surface area contributed by atoms with Crippen LogP contribution in [0.4, 0.5) is 17.1 Å². The molecule has 0 unspecified atom stereocenters. The zero-order valence-electron chi connectivity index (χ0n) is 18.5. The van der Waals surface area contributed by atoms with E-state index < -0.39 is 20.9 Å². The largest absolute Gasteiger partial charge is 0.370 e. The molecule has 1 fully saturated rings. The second-order valence-corrected chi connectivity index (χ2v) is 9.61. The molecule has 0 saturated carbocycles. The van der Waals surface area contributed by atoms with Crippen LogP contribution in [0.5, 0.6) is 0 Å². The van der Waals surface area contributed by atoms with Crippen molar-refractivity contribution < 1.29 is 18.1 Å². The van der Waals surface area contributed by atoms with Crippen molar-refractivity contribution in [3.63, 3.8) is 0 Å². The van der Waals surface area contributed by atoms with Crippen LogP contribution in [0, 0.1) is 17.0 Å². The third kappa shape index (κ3) is 4.76. The first-order valence-electron chi connectivity index (χ1n) is 10.6. The van der Waals surface area contributed by atoms with Gasteiger partial charge in [-0.3, -0.25) is 14.9 Å². The molecule has 1 aliphatic rings. The molecule has 0 spiro atoms. The number of nitrogens with one attached hydrogen (secondary N) is 1. The molecular formula is C22H28N4O5S. The minimum Gasteiger partial charge on any atom is -0.370 e. The summed E-state index contributed by atoms with van der Waals surface area (Å²) in [4.78, 5) is 25.9. The highest BCUT2D eigenvalue weighted by molar-refractivity contribution is 7.89. The van der Waals surface area contributed by atoms with Crippen molar-refractivity contribution in [2.45, 2.75) is 38.5 Å². The summed E-state index contributed by atoms with van der Waals surface area (Å²) in [6.07, 6.45) is 2.02. The standard InChI is InChI=1S/C22H28N4O5S/c1-4-25(5-2)32(30,31)18-10-11-20(24-12-6-7-13-24)19(15-18)23-22(27)17-9-8-16(3)21(14-17)26(28)29/h8-11,14-15H,4-7,12-13H2,1-3H3,(H,23,27). The van der Waals surface area contributed by atoms with Gasteiger partial charge >= 0.3 is 0 Å². The third-order valence-corrected chi connectivity index (χ3v) is 7.72. The number of carbonyl (C=O) groups excluding carboxylic acids is 1. The van der Waals surface area contributed by atoms with Gasteiger partial charge in [-0.15, -0.1) is 0 Å². The van der Waals surface area contributed by atoms with Gasteiger partial charge in [0, 0.05) is 43.4 Å². The molecule has 0 bridgehead atoms. The molecule has 10 heteroatoms. The van der Waals surface area contributed by atoms with Gasteiger partial charge in [-0.25, -0.2) is 8.42 Å². The summed E-state index contributed by atoms with van der Waals surface area (Å²) in [5.74, 6) is -0.536. The van der Waals surface area contributed by atoms with Crippen molar-refractivity contribution in [3.05, 3.63) is 57.6 Å². The van der Waals surface area contributed by atoms with E-state index in [1.54, 1.807) is 32.9 Å². The number of benzene rings is 2. The van der Waals surface area contributed by atoms with Crippen LogP contribution in [-0.4, -0.2) is 49.7 Å². The van der Waals surface area contributed by atoms with Crippen LogP contribution >= 0.6 is 0 Å². The zero-order valence-corrected chi connectivity index (χ0v) is 19.3. The van der Waals surface area contributed by atoms with Gasteiger partial charge in [0.1, 0.15) is 0 Å². The molecule has 1 heterocycles. The molecule has 0 aromatic heterocycles. The van der Waals surface area contributed by atoms with E-state index in [2.05, 4.69) is 10.2 Å². The van der Waals surface area contributed by atoms with Crippen molar-refractivity contribution in [1.82, 2.24) is 4.31 Å². The number of hydrogen-bond donors (Lipinski definition) is 1. The Labute approximate surface area is 188 Å². The van der Waals surface area contributed by atoms with Crippen LogP contribution in [0.1, 0.15) is 42.6 Å². The number of carbonyl (C=O) groups is 1. The van der Waals surface area contributed by atoms with E-state index in [0.717, 1.165) is 31.6 Å². The Morgan fingerprint density at radius 3 is 2.38 bits per heavy atom. The van der Waals surface area contributed by atoms with Crippen LogP contribution in [-0.2, 0) is 10.0 Å². The molecule has 0 atom stereocenters. The van der Waals surface area contributed by atoms with Crippen molar-refractivity contribution in [3.8, 4) is 0 Å². The SMILES string of the molecule is CCN(CC)S(=O)(=O)c1ccc(N2CCCC2)c(NC(=O)c2ccc(C)c([N+](=O)[O-])c2)c1. The molecule has 2 aromatic rings. The number of nitrogens with zero attached hydrogens (tertiary/aromatic N) is 3. The lowest BCUT2D eigenvalue weighted by Gasteiger charge is -2.24. The summed E-state index contributed by atoms with van der Waals surface area (Å²) in [6, 6.07) is 9.03. The fraction of sp³-hybridized carbons (Fsp3) is 0.409. The predicted octanol–water partition coefficient (Wildman–Crippen LogP) is 3.79. The molecule has 2 aromatic carbocycles. The summed E-state index contributed by atoms with van der Waals surface area (Å²) in [5.41, 5.74) is 1.54. The normalized spacial score (nSPS) is 14.1. The van der Waals surface area contributed by atoms with Gasteiger partial charge in [0.25, 0.3) is 11.6 Å². The molecule has 1 amide bonds.